The van der Waals surface area contributed by atoms with Crippen LogP contribution in [0.15, 0.2) is 71.3 Å². The molecule has 30 heavy (non-hydrogen) atoms. The second-order valence-electron chi connectivity index (χ2n) is 7.84. The van der Waals surface area contributed by atoms with Crippen molar-refractivity contribution in [2.75, 3.05) is 0 Å². The van der Waals surface area contributed by atoms with Crippen LogP contribution in [0.4, 0.5) is 4.39 Å². The first-order chi connectivity index (χ1) is 14.7. The number of hydrogen-bond acceptors (Lipinski definition) is 2. The minimum Gasteiger partial charge on any atom is -0.467 e. The van der Waals surface area contributed by atoms with Crippen molar-refractivity contribution in [3.63, 3.8) is 0 Å². The highest BCUT2D eigenvalue weighted by Crippen LogP contribution is 2.39. The Morgan fingerprint density at radius 3 is 2.87 bits per heavy atom. The number of halogens is 1. The highest BCUT2D eigenvalue weighted by atomic mass is 19.1. The number of para-hydroxylation sites is 1. The first kappa shape index (κ1) is 18.7. The van der Waals surface area contributed by atoms with Crippen LogP contribution >= 0.6 is 0 Å². The van der Waals surface area contributed by atoms with Crippen LogP contribution in [0, 0.1) is 5.82 Å². The molecule has 0 bridgehead atoms. The van der Waals surface area contributed by atoms with Crippen LogP contribution in [0.25, 0.3) is 10.9 Å². The Labute approximate surface area is 174 Å². The fourth-order valence-corrected chi connectivity index (χ4v) is 4.63. The number of carbonyl (C=O) groups is 1. The van der Waals surface area contributed by atoms with Gasteiger partial charge in [0, 0.05) is 23.1 Å². The molecule has 1 amide bonds. The summed E-state index contributed by atoms with van der Waals surface area (Å²) < 4.78 is 21.3. The number of hydrogen-bond donors (Lipinski definition) is 1. The van der Waals surface area contributed by atoms with Crippen molar-refractivity contribution in [3.8, 4) is 0 Å². The third-order valence-corrected chi connectivity index (χ3v) is 5.94. The van der Waals surface area contributed by atoms with Crippen LogP contribution in [0.1, 0.15) is 41.3 Å². The topological polar surface area (TPSA) is 47.2 Å². The molecule has 1 aliphatic carbocycles. The molecule has 0 spiro atoms. The molecule has 0 aliphatic heterocycles. The van der Waals surface area contributed by atoms with Crippen LogP contribution in [0.2, 0.25) is 0 Å². The summed E-state index contributed by atoms with van der Waals surface area (Å²) in [6.07, 6.45) is 4.30. The van der Waals surface area contributed by atoms with Crippen molar-refractivity contribution in [3.05, 3.63) is 95.3 Å². The second-order valence-corrected chi connectivity index (χ2v) is 7.84. The third kappa shape index (κ3) is 3.41. The molecule has 0 saturated heterocycles. The van der Waals surface area contributed by atoms with Crippen molar-refractivity contribution >= 4 is 16.8 Å². The molecule has 1 N–H and O–H groups in total. The summed E-state index contributed by atoms with van der Waals surface area (Å²) in [5.74, 6) is 0.351. The van der Waals surface area contributed by atoms with E-state index in [0.717, 1.165) is 47.1 Å². The standard InChI is InChI=1S/C25H23FN2O2/c26-18-7-3-6-17(14-18)16-28-22-11-2-1-9-20(22)24-21(10-4-12-23(24)28)25(29)27-15-19-8-5-13-30-19/h1-3,5-9,11,13-14,21H,4,10,12,15-16H2,(H,27,29). The number of benzene rings is 2. The molecule has 1 aliphatic rings. The van der Waals surface area contributed by atoms with Gasteiger partial charge in [-0.3, -0.25) is 4.79 Å². The van der Waals surface area contributed by atoms with Crippen LogP contribution in [0.5, 0.6) is 0 Å². The first-order valence-electron chi connectivity index (χ1n) is 10.4. The molecule has 0 radical (unpaired) electrons. The van der Waals surface area contributed by atoms with E-state index in [4.69, 9.17) is 4.42 Å². The number of amides is 1. The Bertz CT molecular complexity index is 1190. The lowest BCUT2D eigenvalue weighted by atomic mass is 9.84. The summed E-state index contributed by atoms with van der Waals surface area (Å²) in [5, 5.41) is 4.15. The van der Waals surface area contributed by atoms with E-state index < -0.39 is 0 Å². The van der Waals surface area contributed by atoms with Gasteiger partial charge in [0.05, 0.1) is 18.7 Å². The lowest BCUT2D eigenvalue weighted by molar-refractivity contribution is -0.123. The van der Waals surface area contributed by atoms with Gasteiger partial charge in [-0.1, -0.05) is 30.3 Å². The third-order valence-electron chi connectivity index (χ3n) is 5.94. The molecule has 5 rings (SSSR count). The smallest absolute Gasteiger partial charge is 0.228 e. The molecular formula is C25H23FN2O2. The van der Waals surface area contributed by atoms with Gasteiger partial charge >= 0.3 is 0 Å². The minimum absolute atomic E-state index is 0.0287. The molecule has 2 heterocycles. The molecule has 152 valence electrons. The first-order valence-corrected chi connectivity index (χ1v) is 10.4. The second kappa shape index (κ2) is 7.82. The van der Waals surface area contributed by atoms with E-state index in [1.807, 2.05) is 30.3 Å². The maximum Gasteiger partial charge on any atom is 0.228 e. The van der Waals surface area contributed by atoms with Crippen LogP contribution in [-0.2, 0) is 24.3 Å². The fraction of sp³-hybridized carbons (Fsp3) is 0.240. The average Bonchev–Trinajstić information content (AvgIpc) is 3.39. The van der Waals surface area contributed by atoms with Crippen LogP contribution < -0.4 is 5.32 Å². The van der Waals surface area contributed by atoms with Gasteiger partial charge in [-0.05, 0) is 60.7 Å². The number of nitrogens with one attached hydrogen (secondary N) is 1. The molecule has 5 heteroatoms. The zero-order valence-corrected chi connectivity index (χ0v) is 16.6. The quantitative estimate of drug-likeness (QED) is 0.501. The summed E-state index contributed by atoms with van der Waals surface area (Å²) in [5.41, 5.74) is 4.32. The molecule has 2 aromatic carbocycles. The highest BCUT2D eigenvalue weighted by Gasteiger charge is 2.31. The normalized spacial score (nSPS) is 15.8. The van der Waals surface area contributed by atoms with E-state index in [1.165, 1.54) is 11.8 Å². The average molecular weight is 402 g/mol. The Hall–Kier alpha value is -3.34. The number of furan rings is 1. The Morgan fingerprint density at radius 2 is 2.03 bits per heavy atom. The van der Waals surface area contributed by atoms with Crippen molar-refractivity contribution < 1.29 is 13.6 Å². The summed E-state index contributed by atoms with van der Waals surface area (Å²) >= 11 is 0. The Balaban J connectivity index is 1.52. The summed E-state index contributed by atoms with van der Waals surface area (Å²) in [6, 6.07) is 18.6. The molecule has 0 saturated carbocycles. The Kier molecular flexibility index (Phi) is 4.87. The van der Waals surface area contributed by atoms with E-state index in [0.29, 0.717) is 13.1 Å². The van der Waals surface area contributed by atoms with Gasteiger partial charge in [0.1, 0.15) is 11.6 Å². The maximum absolute atomic E-state index is 13.7. The predicted octanol–water partition coefficient (Wildman–Crippen LogP) is 5.16. The van der Waals surface area contributed by atoms with Crippen molar-refractivity contribution in [1.82, 2.24) is 9.88 Å². The summed E-state index contributed by atoms with van der Waals surface area (Å²) in [7, 11) is 0. The predicted molar refractivity (Wildman–Crippen MR) is 114 cm³/mol. The minimum atomic E-state index is -0.229. The van der Waals surface area contributed by atoms with Crippen LogP contribution in [0.3, 0.4) is 0 Å². The van der Waals surface area contributed by atoms with Crippen molar-refractivity contribution in [1.29, 1.82) is 0 Å². The molecule has 4 aromatic rings. The molecule has 1 unspecified atom stereocenters. The van der Waals surface area contributed by atoms with E-state index >= 15 is 0 Å². The van der Waals surface area contributed by atoms with E-state index in [1.54, 1.807) is 18.4 Å². The van der Waals surface area contributed by atoms with Gasteiger partial charge in [-0.2, -0.15) is 0 Å². The molecule has 2 aromatic heterocycles. The molecule has 0 fully saturated rings. The lowest BCUT2D eigenvalue weighted by Crippen LogP contribution is -2.31. The maximum atomic E-state index is 13.7. The number of fused-ring (bicyclic) bond motifs is 3. The fourth-order valence-electron chi connectivity index (χ4n) is 4.63. The Morgan fingerprint density at radius 1 is 1.13 bits per heavy atom. The van der Waals surface area contributed by atoms with E-state index in [2.05, 4.69) is 22.0 Å². The van der Waals surface area contributed by atoms with Gasteiger partial charge in [-0.15, -0.1) is 0 Å². The molecule has 4 nitrogen and oxygen atoms in total. The number of nitrogens with zero attached hydrogens (tertiary/aromatic N) is 1. The highest BCUT2D eigenvalue weighted by molar-refractivity contribution is 5.94. The van der Waals surface area contributed by atoms with Crippen LogP contribution in [-0.4, -0.2) is 10.5 Å². The SMILES string of the molecule is O=C(NCc1ccco1)C1CCCc2c1c1ccccc1n2Cc1cccc(F)c1. The van der Waals surface area contributed by atoms with Crippen molar-refractivity contribution in [2.24, 2.45) is 0 Å². The van der Waals surface area contributed by atoms with E-state index in [9.17, 15) is 9.18 Å². The van der Waals surface area contributed by atoms with Gasteiger partial charge in [0.25, 0.3) is 0 Å². The summed E-state index contributed by atoms with van der Waals surface area (Å²) in [4.78, 5) is 13.1. The number of carbonyl (C=O) groups excluding carboxylic acids is 1. The number of rotatable bonds is 5. The molecule has 1 atom stereocenters. The van der Waals surface area contributed by atoms with Gasteiger partial charge < -0.3 is 14.3 Å². The zero-order valence-electron chi connectivity index (χ0n) is 16.6. The number of aromatic nitrogens is 1. The van der Waals surface area contributed by atoms with E-state index in [-0.39, 0.29) is 17.6 Å². The summed E-state index contributed by atoms with van der Waals surface area (Å²) in [6.45, 7) is 0.980. The van der Waals surface area contributed by atoms with Gasteiger partial charge in [-0.25, -0.2) is 4.39 Å². The zero-order chi connectivity index (χ0) is 20.5. The van der Waals surface area contributed by atoms with Gasteiger partial charge in [0.2, 0.25) is 5.91 Å². The largest absolute Gasteiger partial charge is 0.467 e. The van der Waals surface area contributed by atoms with Crippen molar-refractivity contribution in [2.45, 2.75) is 38.3 Å². The monoisotopic (exact) mass is 402 g/mol. The van der Waals surface area contributed by atoms with Gasteiger partial charge in [0.15, 0.2) is 0 Å². The lowest BCUT2D eigenvalue weighted by Gasteiger charge is -2.24. The molecular weight excluding hydrogens is 379 g/mol.